The SMILES string of the molecule is OB(O)O.[Ba+2].[K+].[Rb+]. The molecule has 7 heteroatoms. The van der Waals surface area contributed by atoms with E-state index in [0.29, 0.717) is 0 Å². The normalized spacial score (nSPS) is 3.86. The van der Waals surface area contributed by atoms with Gasteiger partial charge in [0.25, 0.3) is 0 Å². The first-order valence-corrected chi connectivity index (χ1v) is 0.775. The Bertz CT molecular complexity index is 19.7. The molecule has 0 fully saturated rings. The Labute approximate surface area is 174 Å². The average Bonchev–Trinajstić information content (AvgIpc) is 0.811. The summed E-state index contributed by atoms with van der Waals surface area (Å²) in [6.45, 7) is 0. The van der Waals surface area contributed by atoms with Gasteiger partial charge in [0, 0.05) is 0 Å². The Balaban J connectivity index is -0.0000000150. The monoisotopic (exact) mass is 324 g/mol. The van der Waals surface area contributed by atoms with E-state index in [0.717, 1.165) is 0 Å². The topological polar surface area (TPSA) is 60.7 Å². The number of hydrogen-bond donors (Lipinski definition) is 3. The van der Waals surface area contributed by atoms with E-state index in [2.05, 4.69) is 0 Å². The van der Waals surface area contributed by atoms with Gasteiger partial charge in [-0.05, 0) is 0 Å². The average molecular weight is 324 g/mol. The van der Waals surface area contributed by atoms with Gasteiger partial charge in [0.1, 0.15) is 0 Å². The van der Waals surface area contributed by atoms with Crippen molar-refractivity contribution in [3.05, 3.63) is 0 Å². The maximum atomic E-state index is 7.17. The molecule has 0 saturated carbocycles. The summed E-state index contributed by atoms with van der Waals surface area (Å²) in [5.41, 5.74) is 0. The smallest absolute Gasteiger partial charge is 0.402 e. The fraction of sp³-hybridized carbons (Fsp3) is 0. The van der Waals surface area contributed by atoms with Crippen LogP contribution in [0.5, 0.6) is 0 Å². The molecule has 0 atom stereocenters. The van der Waals surface area contributed by atoms with E-state index in [-0.39, 0.29) is 158 Å². The van der Waals surface area contributed by atoms with Crippen LogP contribution in [0.3, 0.4) is 0 Å². The Kier molecular flexibility index (Phi) is 55.6. The molecule has 3 N–H and O–H groups in total. The zero-order chi connectivity index (χ0) is 3.58. The first kappa shape index (κ1) is 22.7. The molecular formula is H3BBaKO3Rb+4. The molecule has 7 heavy (non-hydrogen) atoms. The minimum absolute atomic E-state index is 0. The van der Waals surface area contributed by atoms with Gasteiger partial charge in [-0.3, -0.25) is 0 Å². The van der Waals surface area contributed by atoms with Crippen molar-refractivity contribution in [3.63, 3.8) is 0 Å². The van der Waals surface area contributed by atoms with E-state index in [1.165, 1.54) is 0 Å². The molecule has 0 aromatic rings. The quantitative estimate of drug-likeness (QED) is 0.388. The van der Waals surface area contributed by atoms with E-state index < -0.39 is 7.32 Å². The van der Waals surface area contributed by atoms with Crippen LogP contribution in [0.15, 0.2) is 0 Å². The van der Waals surface area contributed by atoms with Crippen LogP contribution in [0, 0.1) is 0 Å². The number of hydrogen-bond acceptors (Lipinski definition) is 3. The minimum atomic E-state index is -2.17. The summed E-state index contributed by atoms with van der Waals surface area (Å²) in [4.78, 5) is 0. The summed E-state index contributed by atoms with van der Waals surface area (Å²) in [7, 11) is -2.17. The summed E-state index contributed by atoms with van der Waals surface area (Å²) in [5.74, 6) is 0. The molecular weight excluding hydrogens is 321 g/mol. The predicted octanol–water partition coefficient (Wildman–Crippen LogP) is -8.42. The fourth-order valence-electron chi connectivity index (χ4n) is 0. The number of rotatable bonds is 0. The standard InChI is InChI=1S/BH3O3.Ba.K.Rb/c2-1(3)4;;;/h2-4H;;;/q;+2;2*+1. The molecule has 0 aliphatic heterocycles. The third-order valence-corrected chi connectivity index (χ3v) is 0. The molecule has 0 unspecified atom stereocenters. The molecule has 0 aliphatic rings. The van der Waals surface area contributed by atoms with Crippen LogP contribution in [0.25, 0.3) is 0 Å². The van der Waals surface area contributed by atoms with Gasteiger partial charge >= 0.3 is 166 Å². The van der Waals surface area contributed by atoms with Crippen molar-refractivity contribution in [1.29, 1.82) is 0 Å². The van der Waals surface area contributed by atoms with Crippen molar-refractivity contribution in [2.45, 2.75) is 0 Å². The van der Waals surface area contributed by atoms with Gasteiger partial charge in [0.05, 0.1) is 0 Å². The van der Waals surface area contributed by atoms with Crippen LogP contribution < -0.4 is 110 Å². The van der Waals surface area contributed by atoms with Crippen LogP contribution in [-0.2, 0) is 0 Å². The molecule has 0 spiro atoms. The molecule has 0 saturated heterocycles. The van der Waals surface area contributed by atoms with E-state index in [9.17, 15) is 0 Å². The summed E-state index contributed by atoms with van der Waals surface area (Å²) in [5, 5.41) is 21.5. The summed E-state index contributed by atoms with van der Waals surface area (Å²) in [6.07, 6.45) is 0. The van der Waals surface area contributed by atoms with E-state index in [1.807, 2.05) is 0 Å². The molecule has 24 valence electrons. The Morgan fingerprint density at radius 1 is 1.00 bits per heavy atom. The van der Waals surface area contributed by atoms with Crippen LogP contribution >= 0.6 is 0 Å². The zero-order valence-corrected chi connectivity index (χ0v) is 17.1. The second-order valence-corrected chi connectivity index (χ2v) is 0.346. The molecule has 0 heterocycles. The Hall–Kier alpha value is 4.96. The summed E-state index contributed by atoms with van der Waals surface area (Å²) in [6, 6.07) is 0. The van der Waals surface area contributed by atoms with Gasteiger partial charge in [-0.15, -0.1) is 0 Å². The van der Waals surface area contributed by atoms with Crippen molar-refractivity contribution in [1.82, 2.24) is 0 Å². The van der Waals surface area contributed by atoms with E-state index >= 15 is 0 Å². The van der Waals surface area contributed by atoms with Crippen LogP contribution in [0.2, 0.25) is 0 Å². The molecule has 0 aromatic carbocycles. The molecule has 0 rings (SSSR count). The van der Waals surface area contributed by atoms with Gasteiger partial charge in [-0.1, -0.05) is 0 Å². The molecule has 0 amide bonds. The van der Waals surface area contributed by atoms with E-state index in [1.54, 1.807) is 0 Å². The Morgan fingerprint density at radius 3 is 1.00 bits per heavy atom. The summed E-state index contributed by atoms with van der Waals surface area (Å²) < 4.78 is 0. The minimum Gasteiger partial charge on any atom is -0.402 e. The third kappa shape index (κ3) is 35.8. The third-order valence-electron chi connectivity index (χ3n) is 0. The predicted molar refractivity (Wildman–Crippen MR) is 18.2 cm³/mol. The fourth-order valence-corrected chi connectivity index (χ4v) is 0. The largest absolute Gasteiger partial charge is 2.00 e. The van der Waals surface area contributed by atoms with Gasteiger partial charge in [-0.2, -0.15) is 0 Å². The van der Waals surface area contributed by atoms with Gasteiger partial charge in [0.15, 0.2) is 0 Å². The van der Waals surface area contributed by atoms with Crippen LogP contribution in [-0.4, -0.2) is 71.3 Å². The maximum absolute atomic E-state index is 7.17. The van der Waals surface area contributed by atoms with E-state index in [4.69, 9.17) is 15.1 Å². The zero-order valence-electron chi connectivity index (χ0n) is 4.63. The van der Waals surface area contributed by atoms with Crippen molar-refractivity contribution < 1.29 is 125 Å². The van der Waals surface area contributed by atoms with Crippen LogP contribution in [0.4, 0.5) is 0 Å². The van der Waals surface area contributed by atoms with Crippen LogP contribution in [0.1, 0.15) is 0 Å². The van der Waals surface area contributed by atoms with Gasteiger partial charge in [-0.25, -0.2) is 0 Å². The van der Waals surface area contributed by atoms with Gasteiger partial charge < -0.3 is 15.1 Å². The Morgan fingerprint density at radius 2 is 1.00 bits per heavy atom. The van der Waals surface area contributed by atoms with Crippen molar-refractivity contribution >= 4 is 56.2 Å². The summed E-state index contributed by atoms with van der Waals surface area (Å²) >= 11 is 0. The first-order chi connectivity index (χ1) is 1.73. The molecule has 0 radical (unpaired) electrons. The second kappa shape index (κ2) is 17.2. The first-order valence-electron chi connectivity index (χ1n) is 0.775. The van der Waals surface area contributed by atoms with Crippen molar-refractivity contribution in [2.75, 3.05) is 0 Å². The molecule has 0 aliphatic carbocycles. The van der Waals surface area contributed by atoms with Crippen molar-refractivity contribution in [3.8, 4) is 0 Å². The molecule has 3 nitrogen and oxygen atoms in total. The molecule has 0 aromatic heterocycles. The maximum Gasteiger partial charge on any atom is 2.00 e. The molecule has 0 bridgehead atoms. The van der Waals surface area contributed by atoms with Crippen molar-refractivity contribution in [2.24, 2.45) is 0 Å². The second-order valence-electron chi connectivity index (χ2n) is 0.346. The van der Waals surface area contributed by atoms with Gasteiger partial charge in [0.2, 0.25) is 0 Å².